The molecule has 6 heteroatoms. The summed E-state index contributed by atoms with van der Waals surface area (Å²) in [7, 11) is 0. The number of nitrogens with zero attached hydrogens (tertiary/aromatic N) is 2. The largest absolute Gasteiger partial charge is 0.507 e. The van der Waals surface area contributed by atoms with Crippen LogP contribution in [0.25, 0.3) is 0 Å². The Morgan fingerprint density at radius 1 is 0.931 bits per heavy atom. The zero-order chi connectivity index (χ0) is 21.8. The summed E-state index contributed by atoms with van der Waals surface area (Å²) >= 11 is 2.16. The molecule has 0 aliphatic rings. The number of H-pyrrole nitrogens is 1. The van der Waals surface area contributed by atoms with Gasteiger partial charge in [-0.15, -0.1) is 0 Å². The van der Waals surface area contributed by atoms with Crippen LogP contribution in [0.1, 0.15) is 70.2 Å². The van der Waals surface area contributed by atoms with Crippen LogP contribution in [0.5, 0.6) is 5.75 Å². The third-order valence-electron chi connectivity index (χ3n) is 4.87. The molecule has 0 aliphatic heterocycles. The molecule has 0 fully saturated rings. The topological polar surface area (TPSA) is 83.6 Å². The fourth-order valence-corrected chi connectivity index (χ4v) is 4.58. The summed E-state index contributed by atoms with van der Waals surface area (Å²) in [4.78, 5) is 3.97. The third kappa shape index (κ3) is 5.75. The second-order valence-corrected chi connectivity index (χ2v) is 10.8. The van der Waals surface area contributed by atoms with Crippen LogP contribution in [-0.4, -0.2) is 10.1 Å². The summed E-state index contributed by atoms with van der Waals surface area (Å²) in [5.41, 5.74) is 3.97. The lowest BCUT2D eigenvalue weighted by molar-refractivity contribution is 0.422. The summed E-state index contributed by atoms with van der Waals surface area (Å²) in [6.07, 6.45) is 4.53. The van der Waals surface area contributed by atoms with Crippen molar-refractivity contribution >= 4 is 23.5 Å². The summed E-state index contributed by atoms with van der Waals surface area (Å²) in [5, 5.41) is 33.8. The smallest absolute Gasteiger partial charge is 0.140 e. The van der Waals surface area contributed by atoms with Gasteiger partial charge >= 0.3 is 0 Å². The average molecular weight is 428 g/mol. The van der Waals surface area contributed by atoms with Crippen LogP contribution in [0.3, 0.4) is 0 Å². The van der Waals surface area contributed by atoms with E-state index < -0.39 is 0 Å². The fourth-order valence-electron chi connectivity index (χ4n) is 3.36. The third-order valence-corrected chi connectivity index (χ3v) is 6.38. The van der Waals surface area contributed by atoms with Gasteiger partial charge in [0.05, 0.1) is 4.90 Å². The van der Waals surface area contributed by atoms with Crippen LogP contribution < -0.4 is 0 Å². The molecule has 0 bridgehead atoms. The van der Waals surface area contributed by atoms with Crippen LogP contribution in [-0.2, 0) is 23.7 Å². The molecular weight excluding hydrogens is 398 g/mol. The van der Waals surface area contributed by atoms with Gasteiger partial charge in [0.1, 0.15) is 21.6 Å². The van der Waals surface area contributed by atoms with E-state index in [2.05, 4.69) is 69.5 Å². The second-order valence-electron chi connectivity index (χ2n) is 9.25. The van der Waals surface area contributed by atoms with Gasteiger partial charge in [-0.3, -0.25) is 0 Å². The molecule has 0 saturated carbocycles. The Hall–Kier alpha value is -2.02. The number of nitrogens with one attached hydrogen (secondary N) is 1. The highest BCUT2D eigenvalue weighted by Crippen LogP contribution is 2.40. The van der Waals surface area contributed by atoms with Gasteiger partial charge in [-0.25, -0.2) is 0 Å². The van der Waals surface area contributed by atoms with E-state index in [1.54, 1.807) is 0 Å². The molecule has 1 heterocycles. The Morgan fingerprint density at radius 2 is 1.48 bits per heavy atom. The van der Waals surface area contributed by atoms with E-state index in [4.69, 9.17) is 10.5 Å². The summed E-state index contributed by atoms with van der Waals surface area (Å²) < 4.78 is 0. The maximum absolute atomic E-state index is 10.9. The Labute approximate surface area is 182 Å². The van der Waals surface area contributed by atoms with Crippen molar-refractivity contribution in [1.82, 2.24) is 4.98 Å². The quantitative estimate of drug-likeness (QED) is 0.399. The van der Waals surface area contributed by atoms with Gasteiger partial charge in [-0.1, -0.05) is 53.7 Å². The summed E-state index contributed by atoms with van der Waals surface area (Å²) in [5.74, 6) is 0.408. The van der Waals surface area contributed by atoms with E-state index >= 15 is 0 Å². The van der Waals surface area contributed by atoms with Gasteiger partial charge in [-0.2, -0.15) is 10.5 Å². The zero-order valence-corrected chi connectivity index (χ0v) is 19.6. The maximum atomic E-state index is 10.9. The van der Waals surface area contributed by atoms with Crippen molar-refractivity contribution in [1.29, 1.82) is 10.5 Å². The van der Waals surface area contributed by atoms with Crippen molar-refractivity contribution in [2.45, 2.75) is 81.6 Å². The number of phenols is 1. The molecule has 0 saturated heterocycles. The normalized spacial score (nSPS) is 11.9. The maximum Gasteiger partial charge on any atom is 0.140 e. The Balaban J connectivity index is 2.26. The van der Waals surface area contributed by atoms with E-state index in [1.165, 1.54) is 5.56 Å². The molecule has 0 spiro atoms. The van der Waals surface area contributed by atoms with E-state index in [1.807, 2.05) is 6.20 Å². The number of nitriles is 2. The zero-order valence-electron chi connectivity index (χ0n) is 18.0. The van der Waals surface area contributed by atoms with E-state index in [9.17, 15) is 5.11 Å². The highest BCUT2D eigenvalue weighted by atomic mass is 32.2. The Kier molecular flexibility index (Phi) is 7.38. The van der Waals surface area contributed by atoms with Crippen LogP contribution in [0.15, 0.2) is 28.3 Å². The summed E-state index contributed by atoms with van der Waals surface area (Å²) in [6, 6.07) is 4.26. The first kappa shape index (κ1) is 23.3. The van der Waals surface area contributed by atoms with Crippen molar-refractivity contribution in [2.75, 3.05) is 0 Å². The number of thiocyanates is 2. The number of hydrogen-bond acceptors (Lipinski definition) is 5. The molecule has 2 aromatic rings. The lowest BCUT2D eigenvalue weighted by Crippen LogP contribution is -2.18. The lowest BCUT2D eigenvalue weighted by Gasteiger charge is -2.28. The van der Waals surface area contributed by atoms with Crippen LogP contribution >= 0.6 is 23.5 Å². The fraction of sp³-hybridized carbons (Fsp3) is 0.478. The van der Waals surface area contributed by atoms with E-state index in [0.29, 0.717) is 5.75 Å². The van der Waals surface area contributed by atoms with Gasteiger partial charge in [0.15, 0.2) is 0 Å². The number of aromatic nitrogens is 1. The Morgan fingerprint density at radius 3 is 1.97 bits per heavy atom. The Bertz CT molecular complexity index is 915. The highest BCUT2D eigenvalue weighted by Gasteiger charge is 2.26. The van der Waals surface area contributed by atoms with Gasteiger partial charge < -0.3 is 10.1 Å². The molecular formula is C23H29N3OS2. The van der Waals surface area contributed by atoms with Gasteiger partial charge in [0.2, 0.25) is 0 Å². The number of aromatic amines is 1. The first-order chi connectivity index (χ1) is 13.5. The number of thioether (sulfide) groups is 2. The average Bonchev–Trinajstić information content (AvgIpc) is 2.97. The minimum Gasteiger partial charge on any atom is -0.507 e. The molecule has 2 rings (SSSR count). The lowest BCUT2D eigenvalue weighted by atomic mass is 9.78. The molecule has 0 radical (unpaired) electrons. The van der Waals surface area contributed by atoms with Crippen molar-refractivity contribution in [2.24, 2.45) is 0 Å². The van der Waals surface area contributed by atoms with Gasteiger partial charge in [0.25, 0.3) is 0 Å². The highest BCUT2D eigenvalue weighted by molar-refractivity contribution is 8.06. The number of aromatic hydroxyl groups is 1. The number of benzene rings is 1. The van der Waals surface area contributed by atoms with Crippen LogP contribution in [0, 0.1) is 21.3 Å². The predicted octanol–water partition coefficient (Wildman–Crippen LogP) is 6.64. The van der Waals surface area contributed by atoms with Crippen molar-refractivity contribution < 1.29 is 5.11 Å². The van der Waals surface area contributed by atoms with Crippen LogP contribution in [0.4, 0.5) is 0 Å². The molecule has 4 nitrogen and oxygen atoms in total. The van der Waals surface area contributed by atoms with Crippen LogP contribution in [0.2, 0.25) is 0 Å². The van der Waals surface area contributed by atoms with Crippen molar-refractivity contribution in [3.05, 3.63) is 40.6 Å². The standard InChI is InChI=1S/C23H29N3OS2/c1-22(2,3)17-10-15(11-18(19(17)27)23(4,5)6)8-7-9-16-12-26-21(29-14-25)20(16)28-13-24/h10-12,26-27H,7-9H2,1-6H3. The van der Waals surface area contributed by atoms with Gasteiger partial charge in [-0.05, 0) is 64.1 Å². The van der Waals surface area contributed by atoms with Gasteiger partial charge in [0, 0.05) is 18.0 Å². The summed E-state index contributed by atoms with van der Waals surface area (Å²) in [6.45, 7) is 12.7. The monoisotopic (exact) mass is 427 g/mol. The molecule has 0 unspecified atom stereocenters. The van der Waals surface area contributed by atoms with E-state index in [-0.39, 0.29) is 10.8 Å². The molecule has 1 aromatic heterocycles. The molecule has 0 aliphatic carbocycles. The molecule has 2 N–H and O–H groups in total. The first-order valence-electron chi connectivity index (χ1n) is 9.68. The number of hydrogen-bond donors (Lipinski definition) is 2. The molecule has 154 valence electrons. The second kappa shape index (κ2) is 9.20. The molecule has 0 atom stereocenters. The number of phenolic OH excluding ortho intramolecular Hbond substituents is 1. The molecule has 1 aromatic carbocycles. The minimum atomic E-state index is -0.138. The molecule has 29 heavy (non-hydrogen) atoms. The van der Waals surface area contributed by atoms with Crippen molar-refractivity contribution in [3.63, 3.8) is 0 Å². The molecule has 0 amide bonds. The number of rotatable bonds is 6. The van der Waals surface area contributed by atoms with Crippen molar-refractivity contribution in [3.8, 4) is 16.6 Å². The predicted molar refractivity (Wildman–Crippen MR) is 121 cm³/mol. The first-order valence-corrected chi connectivity index (χ1v) is 11.3. The minimum absolute atomic E-state index is 0.138. The number of aryl methyl sites for hydroxylation is 2. The van der Waals surface area contributed by atoms with E-state index in [0.717, 1.165) is 69.4 Å². The SMILES string of the molecule is CC(C)(C)c1cc(CCCc2c[nH]c(SC#N)c2SC#N)cc(C(C)(C)C)c1O.